The second-order valence-corrected chi connectivity index (χ2v) is 6.31. The van der Waals surface area contributed by atoms with Crippen LogP contribution in [0.25, 0.3) is 0 Å². The van der Waals surface area contributed by atoms with Crippen LogP contribution in [0.2, 0.25) is 0 Å². The summed E-state index contributed by atoms with van der Waals surface area (Å²) in [6.45, 7) is 0.542. The lowest BCUT2D eigenvalue weighted by Crippen LogP contribution is -2.25. The first kappa shape index (κ1) is 14.9. The Labute approximate surface area is 123 Å². The zero-order chi connectivity index (χ0) is 14.4. The Morgan fingerprint density at radius 3 is 2.55 bits per heavy atom. The van der Waals surface area contributed by atoms with E-state index in [1.807, 2.05) is 30.3 Å². The number of hydrogen-bond donors (Lipinski definition) is 2. The van der Waals surface area contributed by atoms with Crippen molar-refractivity contribution in [3.63, 3.8) is 0 Å². The lowest BCUT2D eigenvalue weighted by atomic mass is 10.1. The molecular formula is C15H19NO3S. The van der Waals surface area contributed by atoms with Crippen LogP contribution in [0.1, 0.15) is 24.8 Å². The van der Waals surface area contributed by atoms with Crippen LogP contribution in [-0.2, 0) is 16.1 Å². The number of thioether (sulfide) groups is 1. The summed E-state index contributed by atoms with van der Waals surface area (Å²) >= 11 is 1.53. The van der Waals surface area contributed by atoms with Gasteiger partial charge in [0.05, 0.1) is 12.2 Å². The summed E-state index contributed by atoms with van der Waals surface area (Å²) in [7, 11) is 0. The van der Waals surface area contributed by atoms with Crippen molar-refractivity contribution in [3.05, 3.63) is 35.9 Å². The summed E-state index contributed by atoms with van der Waals surface area (Å²) in [5, 5.41) is 11.7. The fraction of sp³-hybridized carbons (Fsp3) is 0.467. The molecule has 0 saturated heterocycles. The summed E-state index contributed by atoms with van der Waals surface area (Å²) in [6, 6.07) is 9.77. The molecule has 2 rings (SSSR count). The van der Waals surface area contributed by atoms with E-state index in [0.29, 0.717) is 12.3 Å². The molecule has 5 heteroatoms. The van der Waals surface area contributed by atoms with E-state index in [1.165, 1.54) is 11.8 Å². The van der Waals surface area contributed by atoms with E-state index in [2.05, 4.69) is 5.32 Å². The van der Waals surface area contributed by atoms with Gasteiger partial charge in [-0.3, -0.25) is 9.59 Å². The lowest BCUT2D eigenvalue weighted by molar-refractivity contribution is -0.138. The molecule has 0 aliphatic heterocycles. The second kappa shape index (κ2) is 6.79. The molecule has 4 nitrogen and oxygen atoms in total. The highest BCUT2D eigenvalue weighted by molar-refractivity contribution is 7.99. The van der Waals surface area contributed by atoms with Crippen molar-refractivity contribution in [2.75, 3.05) is 11.5 Å². The van der Waals surface area contributed by atoms with E-state index in [1.54, 1.807) is 0 Å². The minimum Gasteiger partial charge on any atom is -0.481 e. The van der Waals surface area contributed by atoms with E-state index < -0.39 is 5.97 Å². The Bertz CT molecular complexity index is 471. The van der Waals surface area contributed by atoms with Gasteiger partial charge in [-0.05, 0) is 29.6 Å². The van der Waals surface area contributed by atoms with Gasteiger partial charge in [-0.25, -0.2) is 0 Å². The third-order valence-electron chi connectivity index (χ3n) is 3.46. The highest BCUT2D eigenvalue weighted by Crippen LogP contribution is 2.50. The third-order valence-corrected chi connectivity index (χ3v) is 4.74. The maximum absolute atomic E-state index is 11.7. The maximum atomic E-state index is 11.7. The molecule has 2 N–H and O–H groups in total. The third kappa shape index (κ3) is 4.89. The van der Waals surface area contributed by atoms with Gasteiger partial charge in [0.15, 0.2) is 0 Å². The van der Waals surface area contributed by atoms with Crippen molar-refractivity contribution >= 4 is 23.6 Å². The minimum absolute atomic E-state index is 0.00461. The van der Waals surface area contributed by atoms with Crippen LogP contribution >= 0.6 is 11.8 Å². The molecule has 0 spiro atoms. The van der Waals surface area contributed by atoms with Gasteiger partial charge in [-0.2, -0.15) is 11.8 Å². The SMILES string of the molecule is O=C(O)CC1(CSCC(=O)NCc2ccccc2)CC1. The number of amides is 1. The molecule has 1 aromatic rings. The Morgan fingerprint density at radius 2 is 1.95 bits per heavy atom. The summed E-state index contributed by atoms with van der Waals surface area (Å²) in [6.07, 6.45) is 2.17. The Morgan fingerprint density at radius 1 is 1.25 bits per heavy atom. The Balaban J connectivity index is 1.62. The number of carbonyl (C=O) groups is 2. The predicted octanol–water partition coefficient (Wildman–Crippen LogP) is 2.29. The monoisotopic (exact) mass is 293 g/mol. The topological polar surface area (TPSA) is 66.4 Å². The number of nitrogens with one attached hydrogen (secondary N) is 1. The fourth-order valence-electron chi connectivity index (χ4n) is 2.08. The molecule has 1 fully saturated rings. The van der Waals surface area contributed by atoms with Gasteiger partial charge in [0.1, 0.15) is 0 Å². The average Bonchev–Trinajstić information content (AvgIpc) is 3.16. The number of rotatable bonds is 8. The average molecular weight is 293 g/mol. The molecule has 0 aromatic heterocycles. The standard InChI is InChI=1S/C15H19NO3S/c17-13(16-9-12-4-2-1-3-5-12)10-20-11-15(6-7-15)8-14(18)19/h1-5H,6-11H2,(H,16,17)(H,18,19). The number of carboxylic acids is 1. The summed E-state index contributed by atoms with van der Waals surface area (Å²) < 4.78 is 0. The molecule has 1 aliphatic rings. The first-order chi connectivity index (χ1) is 9.60. The van der Waals surface area contributed by atoms with Crippen molar-refractivity contribution in [1.82, 2.24) is 5.32 Å². The van der Waals surface area contributed by atoms with Crippen LogP contribution in [0.5, 0.6) is 0 Å². The quantitative estimate of drug-likeness (QED) is 0.772. The van der Waals surface area contributed by atoms with Crippen molar-refractivity contribution in [3.8, 4) is 0 Å². The number of carboxylic acid groups (broad SMARTS) is 1. The molecule has 1 aliphatic carbocycles. The van der Waals surface area contributed by atoms with E-state index in [9.17, 15) is 9.59 Å². The zero-order valence-electron chi connectivity index (χ0n) is 11.3. The van der Waals surface area contributed by atoms with Gasteiger partial charge >= 0.3 is 5.97 Å². The normalized spacial score (nSPS) is 15.6. The van der Waals surface area contributed by atoms with Gasteiger partial charge in [-0.15, -0.1) is 0 Å². The molecule has 0 radical (unpaired) electrons. The largest absolute Gasteiger partial charge is 0.481 e. The van der Waals surface area contributed by atoms with Gasteiger partial charge in [-0.1, -0.05) is 30.3 Å². The molecule has 0 unspecified atom stereocenters. The molecule has 0 atom stereocenters. The molecule has 108 valence electrons. The summed E-state index contributed by atoms with van der Waals surface area (Å²) in [5.41, 5.74) is 1.03. The second-order valence-electron chi connectivity index (χ2n) is 5.33. The molecule has 20 heavy (non-hydrogen) atoms. The predicted molar refractivity (Wildman–Crippen MR) is 79.5 cm³/mol. The highest BCUT2D eigenvalue weighted by Gasteiger charge is 2.44. The fourth-order valence-corrected chi connectivity index (χ4v) is 3.29. The van der Waals surface area contributed by atoms with Crippen LogP contribution < -0.4 is 5.32 Å². The van der Waals surface area contributed by atoms with E-state index in [4.69, 9.17) is 5.11 Å². The van der Waals surface area contributed by atoms with Crippen molar-refractivity contribution in [1.29, 1.82) is 0 Å². The smallest absolute Gasteiger partial charge is 0.303 e. The van der Waals surface area contributed by atoms with E-state index in [0.717, 1.165) is 24.2 Å². The molecule has 0 bridgehead atoms. The zero-order valence-corrected chi connectivity index (χ0v) is 12.1. The van der Waals surface area contributed by atoms with Gasteiger partial charge in [0.25, 0.3) is 0 Å². The van der Waals surface area contributed by atoms with Crippen LogP contribution in [-0.4, -0.2) is 28.5 Å². The molecule has 1 amide bonds. The van der Waals surface area contributed by atoms with Crippen LogP contribution in [0.3, 0.4) is 0 Å². The summed E-state index contributed by atoms with van der Waals surface area (Å²) in [4.78, 5) is 22.4. The number of hydrogen-bond acceptors (Lipinski definition) is 3. The van der Waals surface area contributed by atoms with Crippen LogP contribution in [0, 0.1) is 5.41 Å². The first-order valence-corrected chi connectivity index (χ1v) is 7.85. The first-order valence-electron chi connectivity index (χ1n) is 6.70. The van der Waals surface area contributed by atoms with Crippen LogP contribution in [0.15, 0.2) is 30.3 Å². The number of aliphatic carboxylic acids is 1. The van der Waals surface area contributed by atoms with Crippen LogP contribution in [0.4, 0.5) is 0 Å². The maximum Gasteiger partial charge on any atom is 0.303 e. The molecule has 1 aromatic carbocycles. The van der Waals surface area contributed by atoms with Gasteiger partial charge in [0.2, 0.25) is 5.91 Å². The summed E-state index contributed by atoms with van der Waals surface area (Å²) in [5.74, 6) is 0.424. The van der Waals surface area contributed by atoms with Gasteiger partial charge < -0.3 is 10.4 Å². The van der Waals surface area contributed by atoms with E-state index in [-0.39, 0.29) is 17.7 Å². The van der Waals surface area contributed by atoms with E-state index >= 15 is 0 Å². The number of carbonyl (C=O) groups excluding carboxylic acids is 1. The Hall–Kier alpha value is -1.49. The Kier molecular flexibility index (Phi) is 5.06. The van der Waals surface area contributed by atoms with Crippen molar-refractivity contribution in [2.24, 2.45) is 5.41 Å². The lowest BCUT2D eigenvalue weighted by Gasteiger charge is -2.11. The molecule has 1 saturated carbocycles. The van der Waals surface area contributed by atoms with Gasteiger partial charge in [0, 0.05) is 6.54 Å². The molecule has 0 heterocycles. The highest BCUT2D eigenvalue weighted by atomic mass is 32.2. The molecular weight excluding hydrogens is 274 g/mol. The van der Waals surface area contributed by atoms with Crippen molar-refractivity contribution < 1.29 is 14.7 Å². The number of benzene rings is 1. The van der Waals surface area contributed by atoms with Crippen molar-refractivity contribution in [2.45, 2.75) is 25.8 Å². The minimum atomic E-state index is -0.739.